The maximum Gasteiger partial charge on any atom is 0.277 e. The van der Waals surface area contributed by atoms with E-state index in [0.717, 1.165) is 23.0 Å². The van der Waals surface area contributed by atoms with E-state index in [1.165, 1.54) is 12.1 Å². The lowest BCUT2D eigenvalue weighted by molar-refractivity contribution is -0.113. The number of nitrogens with one attached hydrogen (secondary N) is 1. The number of piperazine rings is 1. The van der Waals surface area contributed by atoms with Crippen molar-refractivity contribution in [2.45, 2.75) is 5.22 Å². The van der Waals surface area contributed by atoms with Gasteiger partial charge in [0, 0.05) is 43.1 Å². The van der Waals surface area contributed by atoms with Gasteiger partial charge in [-0.3, -0.25) is 9.59 Å². The molecule has 1 N–H and O–H groups in total. The molecule has 11 heteroatoms. The van der Waals surface area contributed by atoms with Crippen molar-refractivity contribution in [2.24, 2.45) is 0 Å². The summed E-state index contributed by atoms with van der Waals surface area (Å²) in [6, 6.07) is 20.9. The van der Waals surface area contributed by atoms with Crippen LogP contribution in [0.3, 0.4) is 0 Å². The van der Waals surface area contributed by atoms with E-state index >= 15 is 0 Å². The van der Waals surface area contributed by atoms with E-state index < -0.39 is 5.82 Å². The molecule has 3 aromatic carbocycles. The number of hydrogen-bond acceptors (Lipinski definition) is 8. The Hall–Kier alpha value is -4.38. The van der Waals surface area contributed by atoms with Gasteiger partial charge in [0.05, 0.1) is 18.4 Å². The average molecular weight is 548 g/mol. The third kappa shape index (κ3) is 6.37. The summed E-state index contributed by atoms with van der Waals surface area (Å²) in [6.07, 6.45) is 0. The van der Waals surface area contributed by atoms with Crippen molar-refractivity contribution in [1.29, 1.82) is 0 Å². The highest BCUT2D eigenvalue weighted by Gasteiger charge is 2.24. The van der Waals surface area contributed by atoms with Crippen LogP contribution >= 0.6 is 11.8 Å². The molecule has 2 amide bonds. The van der Waals surface area contributed by atoms with E-state index in [4.69, 9.17) is 9.15 Å². The lowest BCUT2D eigenvalue weighted by Gasteiger charge is -2.36. The van der Waals surface area contributed by atoms with Crippen molar-refractivity contribution in [2.75, 3.05) is 49.3 Å². The van der Waals surface area contributed by atoms with Crippen LogP contribution in [-0.4, -0.2) is 66.0 Å². The Kier molecular flexibility index (Phi) is 8.07. The van der Waals surface area contributed by atoms with Crippen LogP contribution in [0.5, 0.6) is 5.75 Å². The standard InChI is InChI=1S/C28H26FN5O4S/c1-37-22-6-4-5-19(17-22)26-31-32-28(38-26)39-18-25(35)30-20-9-11-21(12-10-20)33-13-15-34(16-14-33)27(36)23-7-2-3-8-24(23)29/h2-12,17H,13-16,18H2,1H3,(H,30,35). The van der Waals surface area contributed by atoms with Crippen LogP contribution in [0.15, 0.2) is 82.4 Å². The fourth-order valence-corrected chi connectivity index (χ4v) is 4.76. The second-order valence-electron chi connectivity index (χ2n) is 8.75. The molecule has 1 fully saturated rings. The highest BCUT2D eigenvalue weighted by molar-refractivity contribution is 7.99. The van der Waals surface area contributed by atoms with Gasteiger partial charge in [0.15, 0.2) is 0 Å². The van der Waals surface area contributed by atoms with Crippen LogP contribution in [0.2, 0.25) is 0 Å². The van der Waals surface area contributed by atoms with Crippen LogP contribution in [0, 0.1) is 5.82 Å². The van der Waals surface area contributed by atoms with E-state index in [-0.39, 0.29) is 23.1 Å². The number of methoxy groups -OCH3 is 1. The van der Waals surface area contributed by atoms with Gasteiger partial charge in [0.2, 0.25) is 11.8 Å². The van der Waals surface area contributed by atoms with Crippen LogP contribution < -0.4 is 15.0 Å². The van der Waals surface area contributed by atoms with Crippen LogP contribution in [0.1, 0.15) is 10.4 Å². The summed E-state index contributed by atoms with van der Waals surface area (Å²) in [6.45, 7) is 2.26. The van der Waals surface area contributed by atoms with Crippen molar-refractivity contribution in [3.8, 4) is 17.2 Å². The Balaban J connectivity index is 1.09. The largest absolute Gasteiger partial charge is 0.497 e. The maximum absolute atomic E-state index is 14.0. The van der Waals surface area contributed by atoms with Crippen LogP contribution in [-0.2, 0) is 4.79 Å². The molecule has 0 bridgehead atoms. The molecule has 39 heavy (non-hydrogen) atoms. The first kappa shape index (κ1) is 26.2. The summed E-state index contributed by atoms with van der Waals surface area (Å²) in [5, 5.41) is 11.2. The smallest absolute Gasteiger partial charge is 0.277 e. The number of rotatable bonds is 8. The first-order chi connectivity index (χ1) is 19.0. The van der Waals surface area contributed by atoms with Crippen molar-refractivity contribution < 1.29 is 23.1 Å². The Labute approximate surface area is 229 Å². The van der Waals surface area contributed by atoms with Gasteiger partial charge < -0.3 is 24.3 Å². The number of halogens is 1. The molecule has 9 nitrogen and oxygen atoms in total. The van der Waals surface area contributed by atoms with Gasteiger partial charge >= 0.3 is 0 Å². The normalized spacial score (nSPS) is 13.3. The molecule has 1 aliphatic rings. The number of carbonyl (C=O) groups is 2. The number of hydrogen-bond donors (Lipinski definition) is 1. The number of thioether (sulfide) groups is 1. The molecule has 0 unspecified atom stereocenters. The molecule has 1 aromatic heterocycles. The second kappa shape index (κ2) is 12.0. The molecule has 4 aromatic rings. The third-order valence-corrected chi connectivity index (χ3v) is 7.06. The molecule has 0 spiro atoms. The monoisotopic (exact) mass is 547 g/mol. The summed E-state index contributed by atoms with van der Waals surface area (Å²) in [5.41, 5.74) is 2.48. The van der Waals surface area contributed by atoms with Crippen molar-refractivity contribution >= 4 is 35.0 Å². The quantitative estimate of drug-likeness (QED) is 0.320. The van der Waals surface area contributed by atoms with E-state index in [0.29, 0.717) is 48.7 Å². The number of nitrogens with zero attached hydrogens (tertiary/aromatic N) is 4. The van der Waals surface area contributed by atoms with Gasteiger partial charge in [-0.25, -0.2) is 4.39 Å². The maximum atomic E-state index is 14.0. The van der Waals surface area contributed by atoms with E-state index in [1.54, 1.807) is 30.2 Å². The topological polar surface area (TPSA) is 101 Å². The number of amides is 2. The SMILES string of the molecule is COc1cccc(-c2nnc(SCC(=O)Nc3ccc(N4CCN(C(=O)c5ccccc5F)CC4)cc3)o2)c1. The number of anilines is 2. The zero-order valence-corrected chi connectivity index (χ0v) is 22.0. The number of carbonyl (C=O) groups excluding carboxylic acids is 2. The summed E-state index contributed by atoms with van der Waals surface area (Å²) < 4.78 is 24.9. The highest BCUT2D eigenvalue weighted by atomic mass is 32.2. The fraction of sp³-hybridized carbons (Fsp3) is 0.214. The molecule has 1 saturated heterocycles. The number of benzene rings is 3. The fourth-order valence-electron chi connectivity index (χ4n) is 4.19. The Morgan fingerprint density at radius 1 is 1.00 bits per heavy atom. The lowest BCUT2D eigenvalue weighted by atomic mass is 10.1. The molecule has 0 atom stereocenters. The molecular formula is C28H26FN5O4S. The molecular weight excluding hydrogens is 521 g/mol. The van der Waals surface area contributed by atoms with E-state index in [9.17, 15) is 14.0 Å². The van der Waals surface area contributed by atoms with Crippen LogP contribution in [0.25, 0.3) is 11.5 Å². The summed E-state index contributed by atoms with van der Waals surface area (Å²) in [7, 11) is 1.59. The molecule has 2 heterocycles. The molecule has 0 aliphatic carbocycles. The van der Waals surface area contributed by atoms with Crippen molar-refractivity contribution in [3.05, 3.63) is 84.2 Å². The highest BCUT2D eigenvalue weighted by Crippen LogP contribution is 2.26. The molecule has 0 saturated carbocycles. The van der Waals surface area contributed by atoms with E-state index in [2.05, 4.69) is 20.4 Å². The summed E-state index contributed by atoms with van der Waals surface area (Å²) in [4.78, 5) is 28.9. The van der Waals surface area contributed by atoms with Crippen molar-refractivity contribution in [1.82, 2.24) is 15.1 Å². The number of aromatic nitrogens is 2. The van der Waals surface area contributed by atoms with E-state index in [1.807, 2.05) is 42.5 Å². The second-order valence-corrected chi connectivity index (χ2v) is 9.67. The minimum atomic E-state index is -0.504. The molecule has 1 aliphatic heterocycles. The van der Waals surface area contributed by atoms with Gasteiger partial charge in [0.25, 0.3) is 11.1 Å². The van der Waals surface area contributed by atoms with Gasteiger partial charge in [0.1, 0.15) is 11.6 Å². The first-order valence-electron chi connectivity index (χ1n) is 12.3. The summed E-state index contributed by atoms with van der Waals surface area (Å²) >= 11 is 1.15. The minimum Gasteiger partial charge on any atom is -0.497 e. The Bertz CT molecular complexity index is 1450. The molecule has 0 radical (unpaired) electrons. The first-order valence-corrected chi connectivity index (χ1v) is 13.3. The van der Waals surface area contributed by atoms with Crippen molar-refractivity contribution in [3.63, 3.8) is 0 Å². The Morgan fingerprint density at radius 3 is 2.51 bits per heavy atom. The van der Waals surface area contributed by atoms with Gasteiger partial charge in [-0.1, -0.05) is 30.0 Å². The zero-order chi connectivity index (χ0) is 27.2. The van der Waals surface area contributed by atoms with Crippen LogP contribution in [0.4, 0.5) is 15.8 Å². The Morgan fingerprint density at radius 2 is 1.77 bits per heavy atom. The molecule has 5 rings (SSSR count). The molecule has 200 valence electrons. The zero-order valence-electron chi connectivity index (χ0n) is 21.2. The number of ether oxygens (including phenoxy) is 1. The van der Waals surface area contributed by atoms with Gasteiger partial charge in [-0.05, 0) is 54.6 Å². The average Bonchev–Trinajstić information content (AvgIpc) is 3.46. The van der Waals surface area contributed by atoms with Gasteiger partial charge in [-0.2, -0.15) is 0 Å². The minimum absolute atomic E-state index is 0.0978. The van der Waals surface area contributed by atoms with Gasteiger partial charge in [-0.15, -0.1) is 10.2 Å². The predicted octanol–water partition coefficient (Wildman–Crippen LogP) is 4.58. The predicted molar refractivity (Wildman–Crippen MR) is 147 cm³/mol. The summed E-state index contributed by atoms with van der Waals surface area (Å²) in [5.74, 6) is 0.151. The third-order valence-electron chi connectivity index (χ3n) is 6.24. The lowest BCUT2D eigenvalue weighted by Crippen LogP contribution is -2.49.